The molecule has 1 aliphatic heterocycles. The number of primary amides is 1. The molecule has 1 fully saturated rings. The second kappa shape index (κ2) is 7.11. The number of carbonyl (C=O) groups excluding carboxylic acids is 2. The highest BCUT2D eigenvalue weighted by Gasteiger charge is 2.23. The Balaban J connectivity index is 1.74. The summed E-state index contributed by atoms with van der Waals surface area (Å²) in [5.41, 5.74) is 6.25. The molecule has 0 aliphatic carbocycles. The van der Waals surface area contributed by atoms with E-state index in [2.05, 4.69) is 0 Å². The first-order valence-electron chi connectivity index (χ1n) is 7.38. The maximum absolute atomic E-state index is 12.2. The monoisotopic (exact) mass is 290 g/mol. The molecule has 0 radical (unpaired) electrons. The Labute approximate surface area is 124 Å². The summed E-state index contributed by atoms with van der Waals surface area (Å²) in [6.45, 7) is 1.43. The third-order valence-electron chi connectivity index (χ3n) is 4.02. The second-order valence-electron chi connectivity index (χ2n) is 5.66. The van der Waals surface area contributed by atoms with E-state index in [1.807, 2.05) is 17.0 Å². The van der Waals surface area contributed by atoms with Crippen molar-refractivity contribution in [3.63, 3.8) is 0 Å². The lowest BCUT2D eigenvalue weighted by Gasteiger charge is -2.31. The summed E-state index contributed by atoms with van der Waals surface area (Å²) in [6, 6.07) is 6.94. The fourth-order valence-corrected chi connectivity index (χ4v) is 2.74. The number of amides is 2. The van der Waals surface area contributed by atoms with E-state index in [9.17, 15) is 14.7 Å². The van der Waals surface area contributed by atoms with Gasteiger partial charge in [0.25, 0.3) is 0 Å². The second-order valence-corrected chi connectivity index (χ2v) is 5.66. The molecule has 1 heterocycles. The van der Waals surface area contributed by atoms with Gasteiger partial charge < -0.3 is 15.7 Å². The highest BCUT2D eigenvalue weighted by atomic mass is 16.3. The van der Waals surface area contributed by atoms with Crippen molar-refractivity contribution < 1.29 is 14.7 Å². The topological polar surface area (TPSA) is 83.6 Å². The van der Waals surface area contributed by atoms with Crippen LogP contribution in [0.25, 0.3) is 0 Å². The number of likely N-dealkylation sites (tertiary alicyclic amines) is 1. The van der Waals surface area contributed by atoms with Gasteiger partial charge in [-0.3, -0.25) is 9.59 Å². The van der Waals surface area contributed by atoms with Crippen molar-refractivity contribution in [3.05, 3.63) is 29.8 Å². The van der Waals surface area contributed by atoms with Crippen molar-refractivity contribution in [1.82, 2.24) is 4.90 Å². The Morgan fingerprint density at radius 1 is 1.19 bits per heavy atom. The van der Waals surface area contributed by atoms with Crippen LogP contribution in [0.1, 0.15) is 31.2 Å². The molecule has 5 nitrogen and oxygen atoms in total. The predicted octanol–water partition coefficient (Wildman–Crippen LogP) is 1.44. The smallest absolute Gasteiger partial charge is 0.222 e. The average Bonchev–Trinajstić information content (AvgIpc) is 2.46. The first kappa shape index (κ1) is 15.4. The minimum Gasteiger partial charge on any atom is -0.508 e. The number of nitrogens with two attached hydrogens (primary N) is 1. The number of phenols is 1. The minimum absolute atomic E-state index is 0.153. The van der Waals surface area contributed by atoms with Gasteiger partial charge in [-0.2, -0.15) is 0 Å². The number of nitrogens with zero attached hydrogens (tertiary/aromatic N) is 1. The summed E-state index contributed by atoms with van der Waals surface area (Å²) in [7, 11) is 0. The van der Waals surface area contributed by atoms with E-state index in [1.54, 1.807) is 12.1 Å². The van der Waals surface area contributed by atoms with Gasteiger partial charge in [-0.25, -0.2) is 0 Å². The third kappa shape index (κ3) is 4.77. The summed E-state index contributed by atoms with van der Waals surface area (Å²) >= 11 is 0. The number of hydrogen-bond acceptors (Lipinski definition) is 3. The maximum atomic E-state index is 12.2. The van der Waals surface area contributed by atoms with Gasteiger partial charge in [0, 0.05) is 25.9 Å². The van der Waals surface area contributed by atoms with Crippen LogP contribution in [0.2, 0.25) is 0 Å². The molecule has 2 rings (SSSR count). The first-order valence-corrected chi connectivity index (χ1v) is 7.38. The molecule has 1 aromatic rings. The normalized spacial score (nSPS) is 15.9. The van der Waals surface area contributed by atoms with E-state index < -0.39 is 0 Å². The molecule has 21 heavy (non-hydrogen) atoms. The SMILES string of the molecule is NC(=O)CC1CCN(C(=O)CCc2ccc(O)cc2)CC1. The van der Waals surface area contributed by atoms with Gasteiger partial charge >= 0.3 is 0 Å². The van der Waals surface area contributed by atoms with E-state index in [1.165, 1.54) is 0 Å². The number of carbonyl (C=O) groups is 2. The van der Waals surface area contributed by atoms with Crippen LogP contribution in [0.4, 0.5) is 0 Å². The molecule has 3 N–H and O–H groups in total. The van der Waals surface area contributed by atoms with Crippen LogP contribution < -0.4 is 5.73 Å². The fraction of sp³-hybridized carbons (Fsp3) is 0.500. The molecule has 1 saturated heterocycles. The molecule has 1 aliphatic rings. The number of piperidine rings is 1. The van der Waals surface area contributed by atoms with Crippen molar-refractivity contribution >= 4 is 11.8 Å². The van der Waals surface area contributed by atoms with Gasteiger partial charge in [0.1, 0.15) is 5.75 Å². The highest BCUT2D eigenvalue weighted by Crippen LogP contribution is 2.21. The number of hydrogen-bond donors (Lipinski definition) is 2. The largest absolute Gasteiger partial charge is 0.508 e. The summed E-state index contributed by atoms with van der Waals surface area (Å²) in [5.74, 6) is 0.456. The van der Waals surface area contributed by atoms with E-state index in [4.69, 9.17) is 5.73 Å². The molecule has 0 atom stereocenters. The quantitative estimate of drug-likeness (QED) is 0.860. The number of phenolic OH excluding ortho intramolecular Hbond substituents is 1. The zero-order valence-corrected chi connectivity index (χ0v) is 12.1. The van der Waals surface area contributed by atoms with Crippen molar-refractivity contribution in [3.8, 4) is 5.75 Å². The van der Waals surface area contributed by atoms with Gasteiger partial charge in [-0.05, 0) is 42.9 Å². The van der Waals surface area contributed by atoms with Gasteiger partial charge in [0.05, 0.1) is 0 Å². The van der Waals surface area contributed by atoms with Crippen molar-refractivity contribution in [1.29, 1.82) is 0 Å². The lowest BCUT2D eigenvalue weighted by Crippen LogP contribution is -2.39. The van der Waals surface area contributed by atoms with E-state index >= 15 is 0 Å². The van der Waals surface area contributed by atoms with Crippen LogP contribution in [-0.4, -0.2) is 34.9 Å². The molecule has 0 unspecified atom stereocenters. The summed E-state index contributed by atoms with van der Waals surface area (Å²) in [4.78, 5) is 24.9. The lowest BCUT2D eigenvalue weighted by atomic mass is 9.93. The Hall–Kier alpha value is -2.04. The summed E-state index contributed by atoms with van der Waals surface area (Å²) < 4.78 is 0. The van der Waals surface area contributed by atoms with Crippen LogP contribution in [0.15, 0.2) is 24.3 Å². The summed E-state index contributed by atoms with van der Waals surface area (Å²) in [5, 5.41) is 9.22. The Kier molecular flexibility index (Phi) is 5.20. The molecule has 0 saturated carbocycles. The van der Waals surface area contributed by atoms with Crippen molar-refractivity contribution in [2.75, 3.05) is 13.1 Å². The van der Waals surface area contributed by atoms with Crippen molar-refractivity contribution in [2.24, 2.45) is 11.7 Å². The predicted molar refractivity (Wildman–Crippen MR) is 79.5 cm³/mol. The number of benzene rings is 1. The molecule has 0 aromatic heterocycles. The molecular formula is C16H22N2O3. The molecule has 5 heteroatoms. The van der Waals surface area contributed by atoms with E-state index in [-0.39, 0.29) is 17.6 Å². The van der Waals surface area contributed by atoms with Crippen LogP contribution in [-0.2, 0) is 16.0 Å². The van der Waals surface area contributed by atoms with Gasteiger partial charge in [0.15, 0.2) is 0 Å². The van der Waals surface area contributed by atoms with Gasteiger partial charge in [-0.1, -0.05) is 12.1 Å². The number of aromatic hydroxyl groups is 1. The maximum Gasteiger partial charge on any atom is 0.222 e. The average molecular weight is 290 g/mol. The van der Waals surface area contributed by atoms with Crippen molar-refractivity contribution in [2.45, 2.75) is 32.1 Å². The van der Waals surface area contributed by atoms with Crippen LogP contribution in [0.5, 0.6) is 5.75 Å². The Bertz CT molecular complexity index is 491. The molecule has 0 bridgehead atoms. The van der Waals surface area contributed by atoms with E-state index in [0.29, 0.717) is 38.3 Å². The molecule has 114 valence electrons. The van der Waals surface area contributed by atoms with Crippen LogP contribution in [0, 0.1) is 5.92 Å². The number of rotatable bonds is 5. The molecule has 1 aromatic carbocycles. The zero-order chi connectivity index (χ0) is 15.2. The zero-order valence-electron chi connectivity index (χ0n) is 12.1. The summed E-state index contributed by atoms with van der Waals surface area (Å²) in [6.07, 6.45) is 3.29. The highest BCUT2D eigenvalue weighted by molar-refractivity contribution is 5.77. The minimum atomic E-state index is -0.257. The van der Waals surface area contributed by atoms with E-state index in [0.717, 1.165) is 18.4 Å². The Morgan fingerprint density at radius 3 is 2.38 bits per heavy atom. The molecule has 0 spiro atoms. The molecular weight excluding hydrogens is 268 g/mol. The Morgan fingerprint density at radius 2 is 1.81 bits per heavy atom. The standard InChI is InChI=1S/C16H22N2O3/c17-15(20)11-13-7-9-18(10-8-13)16(21)6-3-12-1-4-14(19)5-2-12/h1-2,4-5,13,19H,3,6-11H2,(H2,17,20). The van der Waals surface area contributed by atoms with Crippen LogP contribution >= 0.6 is 0 Å². The van der Waals surface area contributed by atoms with Gasteiger partial charge in [-0.15, -0.1) is 0 Å². The van der Waals surface area contributed by atoms with Gasteiger partial charge in [0.2, 0.25) is 11.8 Å². The lowest BCUT2D eigenvalue weighted by molar-refractivity contribution is -0.132. The number of aryl methyl sites for hydroxylation is 1. The van der Waals surface area contributed by atoms with Crippen LogP contribution in [0.3, 0.4) is 0 Å². The third-order valence-corrected chi connectivity index (χ3v) is 4.02. The molecule has 2 amide bonds. The first-order chi connectivity index (χ1) is 10.0. The fourth-order valence-electron chi connectivity index (χ4n) is 2.74.